The van der Waals surface area contributed by atoms with Crippen LogP contribution in [0.3, 0.4) is 0 Å². The van der Waals surface area contributed by atoms with E-state index in [9.17, 15) is 18.4 Å². The zero-order valence-corrected chi connectivity index (χ0v) is 15.3. The van der Waals surface area contributed by atoms with Crippen molar-refractivity contribution in [1.82, 2.24) is 14.9 Å². The third-order valence-electron chi connectivity index (χ3n) is 4.28. The van der Waals surface area contributed by atoms with Crippen LogP contribution >= 0.6 is 11.3 Å². The van der Waals surface area contributed by atoms with E-state index in [1.807, 2.05) is 13.8 Å². The molecule has 136 valence electrons. The molecular formula is C18H17F2N3O2S. The molecule has 2 heterocycles. The molecule has 2 aromatic heterocycles. The fourth-order valence-electron chi connectivity index (χ4n) is 2.75. The molecule has 1 amide bonds. The second-order valence-corrected chi connectivity index (χ2v) is 7.30. The number of carbonyl (C=O) groups excluding carboxylic acids is 1. The SMILES string of the molecule is Cc1sc2ncn(CC(=O)N[C@H](C)c3ccc(F)cc3F)c(=O)c2c1C. The molecule has 0 fully saturated rings. The fourth-order valence-corrected chi connectivity index (χ4v) is 3.74. The Morgan fingerprint density at radius 3 is 2.77 bits per heavy atom. The lowest BCUT2D eigenvalue weighted by Gasteiger charge is -2.15. The van der Waals surface area contributed by atoms with E-state index >= 15 is 0 Å². The first-order valence-electron chi connectivity index (χ1n) is 7.97. The Labute approximate surface area is 152 Å². The van der Waals surface area contributed by atoms with Gasteiger partial charge in [0.1, 0.15) is 23.0 Å². The molecule has 0 unspecified atom stereocenters. The third-order valence-corrected chi connectivity index (χ3v) is 5.39. The molecule has 1 atom stereocenters. The fraction of sp³-hybridized carbons (Fsp3) is 0.278. The van der Waals surface area contributed by atoms with E-state index in [4.69, 9.17) is 0 Å². The minimum absolute atomic E-state index is 0.171. The molecule has 1 N–H and O–H groups in total. The number of aryl methyl sites for hydroxylation is 2. The molecule has 1 aromatic carbocycles. The number of rotatable bonds is 4. The number of nitrogens with one attached hydrogen (secondary N) is 1. The monoisotopic (exact) mass is 377 g/mol. The van der Waals surface area contributed by atoms with Crippen molar-refractivity contribution in [1.29, 1.82) is 0 Å². The molecule has 3 aromatic rings. The quantitative estimate of drug-likeness (QED) is 0.759. The average Bonchev–Trinajstić information content (AvgIpc) is 2.85. The van der Waals surface area contributed by atoms with Crippen LogP contribution in [0.25, 0.3) is 10.2 Å². The number of fused-ring (bicyclic) bond motifs is 1. The number of nitrogens with zero attached hydrogens (tertiary/aromatic N) is 2. The number of hydrogen-bond acceptors (Lipinski definition) is 4. The summed E-state index contributed by atoms with van der Waals surface area (Å²) in [6.07, 6.45) is 1.34. The Morgan fingerprint density at radius 2 is 2.08 bits per heavy atom. The zero-order valence-electron chi connectivity index (χ0n) is 14.5. The van der Waals surface area contributed by atoms with Gasteiger partial charge < -0.3 is 5.32 Å². The normalized spacial score (nSPS) is 12.3. The lowest BCUT2D eigenvalue weighted by molar-refractivity contribution is -0.122. The smallest absolute Gasteiger partial charge is 0.262 e. The molecule has 0 spiro atoms. The van der Waals surface area contributed by atoms with Gasteiger partial charge in [-0.25, -0.2) is 13.8 Å². The number of amides is 1. The third kappa shape index (κ3) is 3.37. The molecule has 5 nitrogen and oxygen atoms in total. The van der Waals surface area contributed by atoms with Crippen molar-refractivity contribution < 1.29 is 13.6 Å². The lowest BCUT2D eigenvalue weighted by Crippen LogP contribution is -2.34. The standard InChI is InChI=1S/C18H17F2N3O2S/c1-9-11(3)26-17-16(9)18(25)23(8-21-17)7-15(24)22-10(2)13-5-4-12(19)6-14(13)20/h4-6,8,10H,7H2,1-3H3,(H,22,24)/t10-/m1/s1. The van der Waals surface area contributed by atoms with Crippen molar-refractivity contribution >= 4 is 27.5 Å². The van der Waals surface area contributed by atoms with Gasteiger partial charge in [-0.3, -0.25) is 14.2 Å². The first-order valence-corrected chi connectivity index (χ1v) is 8.79. The summed E-state index contributed by atoms with van der Waals surface area (Å²) in [5, 5.41) is 3.13. The molecule has 0 aliphatic rings. The molecule has 8 heteroatoms. The van der Waals surface area contributed by atoms with Crippen LogP contribution in [0.15, 0.2) is 29.3 Å². The van der Waals surface area contributed by atoms with Crippen molar-refractivity contribution in [2.75, 3.05) is 0 Å². The molecule has 3 rings (SSSR count). The van der Waals surface area contributed by atoms with Crippen molar-refractivity contribution in [3.8, 4) is 0 Å². The number of halogens is 2. The molecule has 0 saturated carbocycles. The Morgan fingerprint density at radius 1 is 1.35 bits per heavy atom. The van der Waals surface area contributed by atoms with E-state index < -0.39 is 23.6 Å². The summed E-state index contributed by atoms with van der Waals surface area (Å²) in [7, 11) is 0. The first-order chi connectivity index (χ1) is 12.3. The van der Waals surface area contributed by atoms with Crippen LogP contribution in [0.4, 0.5) is 8.78 Å². The summed E-state index contributed by atoms with van der Waals surface area (Å²) < 4.78 is 28.0. The summed E-state index contributed by atoms with van der Waals surface area (Å²) in [5.41, 5.74) is 0.747. The van der Waals surface area contributed by atoms with Crippen LogP contribution in [-0.2, 0) is 11.3 Å². The van der Waals surface area contributed by atoms with E-state index in [0.717, 1.165) is 22.6 Å². The van der Waals surface area contributed by atoms with Gasteiger partial charge in [0.15, 0.2) is 0 Å². The topological polar surface area (TPSA) is 64.0 Å². The highest BCUT2D eigenvalue weighted by Crippen LogP contribution is 2.25. The van der Waals surface area contributed by atoms with Gasteiger partial charge in [-0.05, 0) is 32.4 Å². The molecule has 26 heavy (non-hydrogen) atoms. The van der Waals surface area contributed by atoms with Crippen LogP contribution in [0.1, 0.15) is 29.0 Å². The number of benzene rings is 1. The second-order valence-electron chi connectivity index (χ2n) is 6.10. The van der Waals surface area contributed by atoms with Crippen LogP contribution < -0.4 is 10.9 Å². The van der Waals surface area contributed by atoms with Gasteiger partial charge in [0.05, 0.1) is 17.8 Å². The molecule has 0 radical (unpaired) electrons. The molecule has 0 bridgehead atoms. The minimum Gasteiger partial charge on any atom is -0.348 e. The van der Waals surface area contributed by atoms with Gasteiger partial charge >= 0.3 is 0 Å². The van der Waals surface area contributed by atoms with Gasteiger partial charge in [0.2, 0.25) is 5.91 Å². The average molecular weight is 377 g/mol. The number of hydrogen-bond donors (Lipinski definition) is 1. The highest BCUT2D eigenvalue weighted by Gasteiger charge is 2.17. The van der Waals surface area contributed by atoms with Crippen molar-refractivity contribution in [3.05, 3.63) is 62.5 Å². The van der Waals surface area contributed by atoms with Crippen molar-refractivity contribution in [3.63, 3.8) is 0 Å². The van der Waals surface area contributed by atoms with Gasteiger partial charge in [0, 0.05) is 16.5 Å². The van der Waals surface area contributed by atoms with E-state index in [1.54, 1.807) is 6.92 Å². The summed E-state index contributed by atoms with van der Waals surface area (Å²) in [5.74, 6) is -1.88. The minimum atomic E-state index is -0.734. The summed E-state index contributed by atoms with van der Waals surface area (Å²) >= 11 is 1.43. The second kappa shape index (κ2) is 6.95. The zero-order chi connectivity index (χ0) is 19.0. The Hall–Kier alpha value is -2.61. The predicted octanol–water partition coefficient (Wildman–Crippen LogP) is 3.23. The molecular weight excluding hydrogens is 360 g/mol. The number of aromatic nitrogens is 2. The van der Waals surface area contributed by atoms with Crippen LogP contribution in [0, 0.1) is 25.5 Å². The largest absolute Gasteiger partial charge is 0.348 e. The maximum atomic E-state index is 13.8. The van der Waals surface area contributed by atoms with Crippen LogP contribution in [-0.4, -0.2) is 15.5 Å². The maximum absolute atomic E-state index is 13.8. The van der Waals surface area contributed by atoms with Crippen molar-refractivity contribution in [2.24, 2.45) is 0 Å². The Kier molecular flexibility index (Phi) is 4.86. The number of thiophene rings is 1. The highest BCUT2D eigenvalue weighted by atomic mass is 32.1. The lowest BCUT2D eigenvalue weighted by atomic mass is 10.1. The van der Waals surface area contributed by atoms with Gasteiger partial charge in [0.25, 0.3) is 5.56 Å². The summed E-state index contributed by atoms with van der Waals surface area (Å²) in [4.78, 5) is 30.7. The molecule has 0 aliphatic heterocycles. The van der Waals surface area contributed by atoms with Crippen LogP contribution in [0.5, 0.6) is 0 Å². The maximum Gasteiger partial charge on any atom is 0.262 e. The van der Waals surface area contributed by atoms with E-state index in [-0.39, 0.29) is 17.7 Å². The predicted molar refractivity (Wildman–Crippen MR) is 96.3 cm³/mol. The number of carbonyl (C=O) groups is 1. The van der Waals surface area contributed by atoms with Gasteiger partial charge in [-0.1, -0.05) is 6.07 Å². The van der Waals surface area contributed by atoms with E-state index in [2.05, 4.69) is 10.3 Å². The van der Waals surface area contributed by atoms with E-state index in [1.165, 1.54) is 28.3 Å². The highest BCUT2D eigenvalue weighted by molar-refractivity contribution is 7.18. The van der Waals surface area contributed by atoms with Gasteiger partial charge in [-0.15, -0.1) is 11.3 Å². The summed E-state index contributed by atoms with van der Waals surface area (Å²) in [6.45, 7) is 5.12. The Bertz CT molecular complexity index is 1060. The summed E-state index contributed by atoms with van der Waals surface area (Å²) in [6, 6.07) is 2.51. The first kappa shape index (κ1) is 18.2. The molecule has 0 saturated heterocycles. The van der Waals surface area contributed by atoms with Gasteiger partial charge in [-0.2, -0.15) is 0 Å². The van der Waals surface area contributed by atoms with Crippen LogP contribution in [0.2, 0.25) is 0 Å². The van der Waals surface area contributed by atoms with E-state index in [0.29, 0.717) is 10.2 Å². The Balaban J connectivity index is 1.80. The molecule has 0 aliphatic carbocycles. The van der Waals surface area contributed by atoms with Crippen molar-refractivity contribution in [2.45, 2.75) is 33.4 Å².